The molecule has 0 aliphatic carbocycles. The summed E-state index contributed by atoms with van der Waals surface area (Å²) in [7, 11) is 0. The van der Waals surface area contributed by atoms with Gasteiger partial charge in [0.25, 0.3) is 0 Å². The topological polar surface area (TPSA) is 29.5 Å². The first kappa shape index (κ1) is 8.81. The molecule has 3 heteroatoms. The number of amides is 1. The molecule has 0 saturated carbocycles. The van der Waals surface area contributed by atoms with Crippen molar-refractivity contribution in [2.45, 2.75) is 6.42 Å². The second-order valence-corrected chi connectivity index (χ2v) is 3.14. The maximum Gasteiger partial charge on any atom is 0.419 e. The van der Waals surface area contributed by atoms with Crippen LogP contribution < -0.4 is 4.90 Å². The predicted octanol–water partition coefficient (Wildman–Crippen LogP) is 2.55. The summed E-state index contributed by atoms with van der Waals surface area (Å²) >= 11 is 0. The van der Waals surface area contributed by atoms with Crippen LogP contribution in [-0.2, 0) is 4.74 Å². The van der Waals surface area contributed by atoms with Crippen molar-refractivity contribution >= 4 is 11.8 Å². The van der Waals surface area contributed by atoms with Crippen LogP contribution in [0.5, 0.6) is 0 Å². The van der Waals surface area contributed by atoms with Crippen molar-refractivity contribution in [1.29, 1.82) is 0 Å². The highest BCUT2D eigenvalue weighted by Gasteiger charge is 2.22. The van der Waals surface area contributed by atoms with Crippen molar-refractivity contribution in [2.24, 2.45) is 0 Å². The van der Waals surface area contributed by atoms with Crippen molar-refractivity contribution in [3.05, 3.63) is 42.7 Å². The normalized spacial score (nSPS) is 16.7. The molecule has 1 amide bonds. The molecule has 0 N–H and O–H groups in total. The highest BCUT2D eigenvalue weighted by Crippen LogP contribution is 2.21. The molecule has 1 aromatic carbocycles. The molecule has 1 fully saturated rings. The van der Waals surface area contributed by atoms with E-state index in [1.807, 2.05) is 30.3 Å². The van der Waals surface area contributed by atoms with Gasteiger partial charge in [-0.15, -0.1) is 0 Å². The van der Waals surface area contributed by atoms with Crippen molar-refractivity contribution in [1.82, 2.24) is 0 Å². The van der Waals surface area contributed by atoms with Gasteiger partial charge in [-0.3, -0.25) is 4.90 Å². The molecule has 2 rings (SSSR count). The van der Waals surface area contributed by atoms with E-state index in [-0.39, 0.29) is 6.09 Å². The lowest BCUT2D eigenvalue weighted by atomic mass is 10.2. The lowest BCUT2D eigenvalue weighted by Crippen LogP contribution is -2.36. The number of cyclic esters (lactones) is 1. The van der Waals surface area contributed by atoms with Gasteiger partial charge in [0.05, 0.1) is 0 Å². The van der Waals surface area contributed by atoms with Gasteiger partial charge < -0.3 is 4.74 Å². The number of rotatable bonds is 1. The molecule has 0 bridgehead atoms. The van der Waals surface area contributed by atoms with Gasteiger partial charge in [0.2, 0.25) is 0 Å². The number of hydrogen-bond donors (Lipinski definition) is 0. The molecule has 1 saturated heterocycles. The summed E-state index contributed by atoms with van der Waals surface area (Å²) < 4.78 is 4.95. The molecule has 1 aliphatic heterocycles. The molecule has 0 aromatic heterocycles. The largest absolute Gasteiger partial charge is 0.419 e. The van der Waals surface area contributed by atoms with Gasteiger partial charge in [0.1, 0.15) is 5.76 Å². The Labute approximate surface area is 82.6 Å². The summed E-state index contributed by atoms with van der Waals surface area (Å²) in [6, 6.07) is 9.47. The molecule has 1 aliphatic rings. The van der Waals surface area contributed by atoms with E-state index in [1.54, 1.807) is 4.90 Å². The molecule has 14 heavy (non-hydrogen) atoms. The first-order chi connectivity index (χ1) is 6.77. The highest BCUT2D eigenvalue weighted by molar-refractivity contribution is 5.89. The Bertz CT molecular complexity index is 359. The van der Waals surface area contributed by atoms with Gasteiger partial charge >= 0.3 is 6.09 Å². The number of ether oxygens (including phenoxy) is 1. The number of para-hydroxylation sites is 1. The quantitative estimate of drug-likeness (QED) is 0.679. The Morgan fingerprint density at radius 3 is 2.64 bits per heavy atom. The van der Waals surface area contributed by atoms with Crippen LogP contribution in [0.25, 0.3) is 0 Å². The van der Waals surface area contributed by atoms with Crippen molar-refractivity contribution in [3.8, 4) is 0 Å². The highest BCUT2D eigenvalue weighted by atomic mass is 16.6. The van der Waals surface area contributed by atoms with Crippen molar-refractivity contribution in [2.75, 3.05) is 11.4 Å². The summed E-state index contributed by atoms with van der Waals surface area (Å²) in [5.41, 5.74) is 0.866. The molecular weight excluding hydrogens is 178 g/mol. The molecule has 0 atom stereocenters. The minimum atomic E-state index is -0.340. The minimum absolute atomic E-state index is 0.340. The maximum atomic E-state index is 11.4. The third kappa shape index (κ3) is 1.62. The van der Waals surface area contributed by atoms with Gasteiger partial charge in [-0.2, -0.15) is 0 Å². The van der Waals surface area contributed by atoms with Gasteiger partial charge in [-0.05, 0) is 12.1 Å². The summed E-state index contributed by atoms with van der Waals surface area (Å²) in [6.07, 6.45) is 0.355. The molecule has 1 heterocycles. The van der Waals surface area contributed by atoms with E-state index in [0.717, 1.165) is 5.69 Å². The number of carbonyl (C=O) groups excluding carboxylic acids is 1. The van der Waals surface area contributed by atoms with Crippen LogP contribution in [-0.4, -0.2) is 12.6 Å². The summed E-state index contributed by atoms with van der Waals surface area (Å²) in [5, 5.41) is 0. The van der Waals surface area contributed by atoms with Crippen LogP contribution in [0.15, 0.2) is 42.7 Å². The Hall–Kier alpha value is -1.77. The van der Waals surface area contributed by atoms with E-state index >= 15 is 0 Å². The van der Waals surface area contributed by atoms with E-state index in [9.17, 15) is 4.79 Å². The standard InChI is InChI=1S/C11H11NO2/c1-9-7-8-12(11(13)14-9)10-5-3-2-4-6-10/h2-6H,1,7-8H2. The molecule has 0 radical (unpaired) electrons. The Morgan fingerprint density at radius 2 is 2.00 bits per heavy atom. The zero-order valence-electron chi connectivity index (χ0n) is 7.77. The molecule has 1 aromatic rings. The van der Waals surface area contributed by atoms with Crippen LogP contribution in [0.2, 0.25) is 0 Å². The minimum Gasteiger partial charge on any atom is -0.415 e. The van der Waals surface area contributed by atoms with Crippen LogP contribution in [0.3, 0.4) is 0 Å². The lowest BCUT2D eigenvalue weighted by Gasteiger charge is -2.27. The van der Waals surface area contributed by atoms with Crippen molar-refractivity contribution in [3.63, 3.8) is 0 Å². The summed E-state index contributed by atoms with van der Waals surface area (Å²) in [5.74, 6) is 0.544. The first-order valence-corrected chi connectivity index (χ1v) is 4.49. The monoisotopic (exact) mass is 189 g/mol. The van der Waals surface area contributed by atoms with E-state index in [2.05, 4.69) is 6.58 Å². The molecule has 0 spiro atoms. The summed E-state index contributed by atoms with van der Waals surface area (Å²) in [6.45, 7) is 4.26. The molecular formula is C11H11NO2. The average molecular weight is 189 g/mol. The fourth-order valence-corrected chi connectivity index (χ4v) is 1.40. The van der Waals surface area contributed by atoms with Crippen LogP contribution in [0.4, 0.5) is 10.5 Å². The second-order valence-electron chi connectivity index (χ2n) is 3.14. The van der Waals surface area contributed by atoms with Crippen LogP contribution >= 0.6 is 0 Å². The Kier molecular flexibility index (Phi) is 2.23. The zero-order valence-corrected chi connectivity index (χ0v) is 7.77. The number of benzene rings is 1. The third-order valence-electron chi connectivity index (χ3n) is 2.13. The lowest BCUT2D eigenvalue weighted by molar-refractivity contribution is 0.172. The van der Waals surface area contributed by atoms with Crippen LogP contribution in [0.1, 0.15) is 6.42 Å². The number of carbonyl (C=O) groups is 1. The number of nitrogens with zero attached hydrogens (tertiary/aromatic N) is 1. The smallest absolute Gasteiger partial charge is 0.415 e. The SMILES string of the molecule is C=C1CCN(c2ccccc2)C(=O)O1. The third-order valence-corrected chi connectivity index (χ3v) is 2.13. The van der Waals surface area contributed by atoms with Crippen molar-refractivity contribution < 1.29 is 9.53 Å². The average Bonchev–Trinajstić information content (AvgIpc) is 2.19. The number of anilines is 1. The fraction of sp³-hybridized carbons (Fsp3) is 0.182. The van der Waals surface area contributed by atoms with E-state index < -0.39 is 0 Å². The number of hydrogen-bond acceptors (Lipinski definition) is 2. The first-order valence-electron chi connectivity index (χ1n) is 4.49. The van der Waals surface area contributed by atoms with E-state index in [0.29, 0.717) is 18.7 Å². The molecule has 3 nitrogen and oxygen atoms in total. The van der Waals surface area contributed by atoms with Crippen LogP contribution in [0, 0.1) is 0 Å². The Balaban J connectivity index is 2.20. The Morgan fingerprint density at radius 1 is 1.29 bits per heavy atom. The molecule has 72 valence electrons. The predicted molar refractivity (Wildman–Crippen MR) is 54.0 cm³/mol. The van der Waals surface area contributed by atoms with Gasteiger partial charge in [0, 0.05) is 18.7 Å². The van der Waals surface area contributed by atoms with E-state index in [4.69, 9.17) is 4.74 Å². The second kappa shape index (κ2) is 3.54. The fourth-order valence-electron chi connectivity index (χ4n) is 1.40. The van der Waals surface area contributed by atoms with Gasteiger partial charge in [0.15, 0.2) is 0 Å². The molecule has 0 unspecified atom stereocenters. The van der Waals surface area contributed by atoms with E-state index in [1.165, 1.54) is 0 Å². The van der Waals surface area contributed by atoms with Gasteiger partial charge in [-0.25, -0.2) is 4.79 Å². The summed E-state index contributed by atoms with van der Waals surface area (Å²) in [4.78, 5) is 13.1. The maximum absolute atomic E-state index is 11.4. The van der Waals surface area contributed by atoms with Gasteiger partial charge in [-0.1, -0.05) is 24.8 Å². The zero-order chi connectivity index (χ0) is 9.97.